The lowest BCUT2D eigenvalue weighted by molar-refractivity contribution is 0.0815. The van der Waals surface area contributed by atoms with Crippen molar-refractivity contribution in [2.24, 2.45) is 0 Å². The highest BCUT2D eigenvalue weighted by Crippen LogP contribution is 2.29. The number of hydrogen-bond acceptors (Lipinski definition) is 5. The van der Waals surface area contributed by atoms with E-state index in [-0.39, 0.29) is 11.1 Å². The molecular weight excluding hydrogens is 376 g/mol. The Kier molecular flexibility index (Phi) is 5.98. The van der Waals surface area contributed by atoms with E-state index in [1.54, 1.807) is 24.3 Å². The number of rotatable bonds is 7. The Bertz CT molecular complexity index is 770. The van der Waals surface area contributed by atoms with E-state index in [1.807, 2.05) is 0 Å². The van der Waals surface area contributed by atoms with Gasteiger partial charge in [0.2, 0.25) is 11.6 Å². The van der Waals surface area contributed by atoms with Gasteiger partial charge in [-0.25, -0.2) is 0 Å². The smallest absolute Gasteiger partial charge is 0.237 e. The fourth-order valence-electron chi connectivity index (χ4n) is 2.24. The van der Waals surface area contributed by atoms with E-state index >= 15 is 0 Å². The van der Waals surface area contributed by atoms with Gasteiger partial charge >= 0.3 is 0 Å². The lowest BCUT2D eigenvalue weighted by Gasteiger charge is -2.10. The van der Waals surface area contributed by atoms with Crippen molar-refractivity contribution in [3.05, 3.63) is 53.1 Å². The van der Waals surface area contributed by atoms with Crippen molar-refractivity contribution in [1.29, 1.82) is 0 Å². The van der Waals surface area contributed by atoms with Crippen molar-refractivity contribution in [2.75, 3.05) is 21.3 Å². The van der Waals surface area contributed by atoms with Gasteiger partial charge in [-0.3, -0.25) is 9.59 Å². The summed E-state index contributed by atoms with van der Waals surface area (Å²) in [7, 11) is 4.43. The number of carbonyl (C=O) groups excluding carboxylic acids is 2. The number of alkyl halides is 1. The molecule has 0 aliphatic carbocycles. The number of halogens is 1. The molecule has 5 nitrogen and oxygen atoms in total. The molecule has 0 atom stereocenters. The molecule has 0 heterocycles. The second-order valence-electron chi connectivity index (χ2n) is 4.90. The van der Waals surface area contributed by atoms with Gasteiger partial charge in [0, 0.05) is 10.9 Å². The molecular formula is C18H17BrO5. The normalized spacial score (nSPS) is 10.2. The van der Waals surface area contributed by atoms with E-state index in [4.69, 9.17) is 14.2 Å². The molecule has 0 saturated heterocycles. The number of ether oxygens (including phenoxy) is 3. The number of methoxy groups -OCH3 is 3. The second kappa shape index (κ2) is 7.97. The van der Waals surface area contributed by atoms with E-state index in [0.29, 0.717) is 22.6 Å². The van der Waals surface area contributed by atoms with Gasteiger partial charge in [0.1, 0.15) is 5.75 Å². The predicted molar refractivity (Wildman–Crippen MR) is 93.8 cm³/mol. The van der Waals surface area contributed by atoms with Crippen LogP contribution in [0.5, 0.6) is 17.2 Å². The lowest BCUT2D eigenvalue weighted by atomic mass is 9.99. The number of benzene rings is 2. The maximum absolute atomic E-state index is 12.6. The van der Waals surface area contributed by atoms with Crippen LogP contribution >= 0.6 is 15.9 Å². The first kappa shape index (κ1) is 18.0. The first-order chi connectivity index (χ1) is 11.5. The average Bonchev–Trinajstić information content (AvgIpc) is 2.65. The Morgan fingerprint density at radius 2 is 1.50 bits per heavy atom. The van der Waals surface area contributed by atoms with Gasteiger partial charge < -0.3 is 14.2 Å². The van der Waals surface area contributed by atoms with Crippen LogP contribution in [-0.4, -0.2) is 32.9 Å². The molecule has 0 amide bonds. The van der Waals surface area contributed by atoms with E-state index in [9.17, 15) is 9.59 Å². The summed E-state index contributed by atoms with van der Waals surface area (Å²) >= 11 is 3.34. The third-order valence-corrected chi connectivity index (χ3v) is 4.16. The van der Waals surface area contributed by atoms with Gasteiger partial charge in [-0.1, -0.05) is 22.0 Å². The first-order valence-corrected chi connectivity index (χ1v) is 8.21. The summed E-state index contributed by atoms with van der Waals surface area (Å²) in [5, 5.41) is 0.626. The van der Waals surface area contributed by atoms with Crippen LogP contribution in [0.25, 0.3) is 0 Å². The molecule has 0 aliphatic rings. The van der Waals surface area contributed by atoms with Crippen LogP contribution in [-0.2, 0) is 5.33 Å². The topological polar surface area (TPSA) is 61.8 Å². The van der Waals surface area contributed by atoms with Crippen LogP contribution in [0, 0.1) is 0 Å². The molecule has 0 fully saturated rings. The minimum atomic E-state index is -0.639. The highest BCUT2D eigenvalue weighted by Gasteiger charge is 2.23. The fourth-order valence-corrected chi connectivity index (χ4v) is 2.59. The van der Waals surface area contributed by atoms with Gasteiger partial charge in [0.05, 0.1) is 26.9 Å². The average molecular weight is 393 g/mol. The minimum absolute atomic E-state index is 0.224. The molecule has 0 saturated carbocycles. The molecule has 0 unspecified atom stereocenters. The van der Waals surface area contributed by atoms with Crippen LogP contribution in [0.2, 0.25) is 0 Å². The summed E-state index contributed by atoms with van der Waals surface area (Å²) in [6.45, 7) is 0. The molecule has 0 radical (unpaired) electrons. The standard InChI is InChI=1S/C18H17BrO5/c1-22-14-7-5-12(9-16(14)24-3)17(20)18(21)13-6-4-11(10-19)8-15(13)23-2/h4-9H,10H2,1-3H3. The summed E-state index contributed by atoms with van der Waals surface area (Å²) < 4.78 is 15.5. The van der Waals surface area contributed by atoms with Crippen molar-refractivity contribution in [2.45, 2.75) is 5.33 Å². The van der Waals surface area contributed by atoms with Crippen LogP contribution in [0.3, 0.4) is 0 Å². The van der Waals surface area contributed by atoms with Crippen molar-refractivity contribution >= 4 is 27.5 Å². The minimum Gasteiger partial charge on any atom is -0.496 e. The second-order valence-corrected chi connectivity index (χ2v) is 5.46. The quantitative estimate of drug-likeness (QED) is 0.408. The van der Waals surface area contributed by atoms with E-state index in [2.05, 4.69) is 15.9 Å². The van der Waals surface area contributed by atoms with Gasteiger partial charge in [0.25, 0.3) is 0 Å². The van der Waals surface area contributed by atoms with Gasteiger partial charge in [-0.05, 0) is 35.9 Å². The summed E-state index contributed by atoms with van der Waals surface area (Å²) in [6, 6.07) is 9.69. The summed E-state index contributed by atoms with van der Waals surface area (Å²) in [4.78, 5) is 25.1. The molecule has 0 spiro atoms. The SMILES string of the molecule is COc1ccc(C(=O)C(=O)c2ccc(CBr)cc2OC)cc1OC. The summed E-state index contributed by atoms with van der Waals surface area (Å²) in [5.74, 6) is -0.0367. The highest BCUT2D eigenvalue weighted by atomic mass is 79.9. The lowest BCUT2D eigenvalue weighted by Crippen LogP contribution is -2.16. The van der Waals surface area contributed by atoms with Crippen molar-refractivity contribution in [3.63, 3.8) is 0 Å². The zero-order valence-corrected chi connectivity index (χ0v) is 15.2. The van der Waals surface area contributed by atoms with Crippen molar-refractivity contribution < 1.29 is 23.8 Å². The summed E-state index contributed by atoms with van der Waals surface area (Å²) in [5.41, 5.74) is 1.40. The van der Waals surface area contributed by atoms with Crippen molar-refractivity contribution in [3.8, 4) is 17.2 Å². The number of hydrogen-bond donors (Lipinski definition) is 0. The molecule has 24 heavy (non-hydrogen) atoms. The first-order valence-electron chi connectivity index (χ1n) is 7.09. The Morgan fingerprint density at radius 3 is 2.08 bits per heavy atom. The number of carbonyl (C=O) groups is 2. The fraction of sp³-hybridized carbons (Fsp3) is 0.222. The van der Waals surface area contributed by atoms with Gasteiger partial charge in [0.15, 0.2) is 11.5 Å². The van der Waals surface area contributed by atoms with Crippen LogP contribution in [0.1, 0.15) is 26.3 Å². The molecule has 0 bridgehead atoms. The highest BCUT2D eigenvalue weighted by molar-refractivity contribution is 9.08. The maximum atomic E-state index is 12.6. The van der Waals surface area contributed by atoms with Gasteiger partial charge in [-0.2, -0.15) is 0 Å². The molecule has 2 rings (SSSR count). The molecule has 0 aliphatic heterocycles. The largest absolute Gasteiger partial charge is 0.496 e. The van der Waals surface area contributed by atoms with E-state index in [0.717, 1.165) is 5.56 Å². The zero-order valence-electron chi connectivity index (χ0n) is 13.6. The molecule has 2 aromatic carbocycles. The van der Waals surface area contributed by atoms with Crippen LogP contribution in [0.15, 0.2) is 36.4 Å². The van der Waals surface area contributed by atoms with Crippen LogP contribution < -0.4 is 14.2 Å². The van der Waals surface area contributed by atoms with E-state index < -0.39 is 11.6 Å². The zero-order chi connectivity index (χ0) is 17.7. The monoisotopic (exact) mass is 392 g/mol. The van der Waals surface area contributed by atoms with Crippen LogP contribution in [0.4, 0.5) is 0 Å². The Labute approximate surface area is 148 Å². The predicted octanol–water partition coefficient (Wildman–Crippen LogP) is 3.67. The Morgan fingerprint density at radius 1 is 0.833 bits per heavy atom. The number of ketones is 2. The molecule has 126 valence electrons. The molecule has 2 aromatic rings. The maximum Gasteiger partial charge on any atom is 0.237 e. The number of Topliss-reactive ketones (excluding diaryl/α,β-unsaturated/α-hetero) is 2. The third-order valence-electron chi connectivity index (χ3n) is 3.52. The van der Waals surface area contributed by atoms with Gasteiger partial charge in [-0.15, -0.1) is 0 Å². The van der Waals surface area contributed by atoms with E-state index in [1.165, 1.54) is 33.5 Å². The Hall–Kier alpha value is -2.34. The summed E-state index contributed by atoms with van der Waals surface area (Å²) in [6.07, 6.45) is 0. The molecule has 0 aromatic heterocycles. The third kappa shape index (κ3) is 3.59. The molecule has 6 heteroatoms. The van der Waals surface area contributed by atoms with Crippen molar-refractivity contribution in [1.82, 2.24) is 0 Å². The molecule has 0 N–H and O–H groups in total. The Balaban J connectivity index is 2.38.